The molecule has 1 atom stereocenters. The third-order valence-electron chi connectivity index (χ3n) is 3.78. The van der Waals surface area contributed by atoms with Crippen molar-refractivity contribution in [3.63, 3.8) is 0 Å². The van der Waals surface area contributed by atoms with Crippen LogP contribution in [0.4, 0.5) is 11.6 Å². The predicted molar refractivity (Wildman–Crippen MR) is 70.9 cm³/mol. The zero-order valence-corrected chi connectivity index (χ0v) is 11.2. The van der Waals surface area contributed by atoms with Crippen LogP contribution in [0.25, 0.3) is 0 Å². The fourth-order valence-corrected chi connectivity index (χ4v) is 2.06. The van der Waals surface area contributed by atoms with Crippen molar-refractivity contribution >= 4 is 11.6 Å². The van der Waals surface area contributed by atoms with Crippen molar-refractivity contribution in [3.05, 3.63) is 11.4 Å². The molecule has 1 aromatic heterocycles. The van der Waals surface area contributed by atoms with Gasteiger partial charge in [-0.25, -0.2) is 9.97 Å². The number of hydrogen-bond acceptors (Lipinski definition) is 4. The van der Waals surface area contributed by atoms with E-state index in [0.29, 0.717) is 11.2 Å². The highest BCUT2D eigenvalue weighted by atomic mass is 15.1. The number of aromatic nitrogens is 2. The minimum absolute atomic E-state index is 0.493. The smallest absolute Gasteiger partial charge is 0.134 e. The number of nitrogens with two attached hydrogens (primary N) is 1. The average molecular weight is 234 g/mol. The van der Waals surface area contributed by atoms with E-state index >= 15 is 0 Å². The molecule has 1 aliphatic rings. The van der Waals surface area contributed by atoms with Crippen LogP contribution in [0, 0.1) is 18.3 Å². The number of rotatable bonds is 4. The Morgan fingerprint density at radius 1 is 1.41 bits per heavy atom. The summed E-state index contributed by atoms with van der Waals surface area (Å²) in [6.07, 6.45) is 2.11. The summed E-state index contributed by atoms with van der Waals surface area (Å²) in [5.41, 5.74) is 7.33. The minimum Gasteiger partial charge on any atom is -0.383 e. The molecule has 1 unspecified atom stereocenters. The van der Waals surface area contributed by atoms with Crippen molar-refractivity contribution in [2.45, 2.75) is 40.5 Å². The van der Waals surface area contributed by atoms with E-state index in [9.17, 15) is 0 Å². The first-order chi connectivity index (χ1) is 7.94. The van der Waals surface area contributed by atoms with Crippen molar-refractivity contribution in [2.24, 2.45) is 11.3 Å². The van der Waals surface area contributed by atoms with Crippen LogP contribution in [0.2, 0.25) is 0 Å². The van der Waals surface area contributed by atoms with E-state index in [1.54, 1.807) is 0 Å². The molecule has 1 heterocycles. The highest BCUT2D eigenvalue weighted by Crippen LogP contribution is 2.51. The van der Waals surface area contributed by atoms with E-state index < -0.39 is 0 Å². The fourth-order valence-electron chi connectivity index (χ4n) is 2.06. The van der Waals surface area contributed by atoms with Crippen LogP contribution >= 0.6 is 0 Å². The molecule has 1 aromatic rings. The summed E-state index contributed by atoms with van der Waals surface area (Å²) in [7, 11) is 0. The quantitative estimate of drug-likeness (QED) is 0.839. The molecule has 17 heavy (non-hydrogen) atoms. The number of aryl methyl sites for hydroxylation is 1. The Balaban J connectivity index is 2.07. The van der Waals surface area contributed by atoms with Gasteiger partial charge in [0.25, 0.3) is 0 Å². The number of anilines is 2. The molecule has 1 saturated carbocycles. The van der Waals surface area contributed by atoms with Crippen LogP contribution in [0.1, 0.15) is 38.6 Å². The summed E-state index contributed by atoms with van der Waals surface area (Å²) < 4.78 is 0. The molecule has 0 saturated heterocycles. The monoisotopic (exact) mass is 234 g/mol. The van der Waals surface area contributed by atoms with E-state index in [1.165, 1.54) is 6.42 Å². The predicted octanol–water partition coefficient (Wildman–Crippen LogP) is 2.39. The van der Waals surface area contributed by atoms with Gasteiger partial charge in [0, 0.05) is 18.5 Å². The largest absolute Gasteiger partial charge is 0.383 e. The second-order valence-electron chi connectivity index (χ2n) is 5.62. The Hall–Kier alpha value is -1.32. The SMILES string of the molecule is CCc1nc(N)c(C)c(NCC2CC2(C)C)n1. The number of hydrogen-bond donors (Lipinski definition) is 2. The number of nitrogens with zero attached hydrogens (tertiary/aromatic N) is 2. The van der Waals surface area contributed by atoms with Gasteiger partial charge in [0.2, 0.25) is 0 Å². The lowest BCUT2D eigenvalue weighted by atomic mass is 10.1. The summed E-state index contributed by atoms with van der Waals surface area (Å²) >= 11 is 0. The van der Waals surface area contributed by atoms with Crippen molar-refractivity contribution in [3.8, 4) is 0 Å². The molecule has 4 heteroatoms. The van der Waals surface area contributed by atoms with Gasteiger partial charge in [-0.2, -0.15) is 0 Å². The molecule has 3 N–H and O–H groups in total. The Labute approximate surface area is 103 Å². The summed E-state index contributed by atoms with van der Waals surface area (Å²) in [5.74, 6) is 3.06. The van der Waals surface area contributed by atoms with Gasteiger partial charge in [0.05, 0.1) is 0 Å². The molecular formula is C13H22N4. The van der Waals surface area contributed by atoms with E-state index in [1.807, 2.05) is 13.8 Å². The van der Waals surface area contributed by atoms with Gasteiger partial charge in [-0.15, -0.1) is 0 Å². The highest BCUT2D eigenvalue weighted by molar-refractivity contribution is 5.54. The Morgan fingerprint density at radius 3 is 2.59 bits per heavy atom. The summed E-state index contributed by atoms with van der Waals surface area (Å²) in [4.78, 5) is 8.75. The van der Waals surface area contributed by atoms with Crippen molar-refractivity contribution in [1.29, 1.82) is 0 Å². The lowest BCUT2D eigenvalue weighted by Gasteiger charge is -2.12. The highest BCUT2D eigenvalue weighted by Gasteiger charge is 2.45. The summed E-state index contributed by atoms with van der Waals surface area (Å²) in [5, 5.41) is 3.41. The van der Waals surface area contributed by atoms with Crippen molar-refractivity contribution < 1.29 is 0 Å². The maximum Gasteiger partial charge on any atom is 0.134 e. The van der Waals surface area contributed by atoms with Gasteiger partial charge >= 0.3 is 0 Å². The van der Waals surface area contributed by atoms with Gasteiger partial charge in [-0.1, -0.05) is 20.8 Å². The first kappa shape index (κ1) is 12.1. The van der Waals surface area contributed by atoms with Gasteiger partial charge < -0.3 is 11.1 Å². The molecule has 1 aliphatic carbocycles. The summed E-state index contributed by atoms with van der Waals surface area (Å²) in [6.45, 7) is 9.59. The average Bonchev–Trinajstić information content (AvgIpc) is 2.88. The molecule has 2 rings (SSSR count). The number of nitrogen functional groups attached to an aromatic ring is 1. The van der Waals surface area contributed by atoms with Crippen LogP contribution < -0.4 is 11.1 Å². The second kappa shape index (κ2) is 4.17. The van der Waals surface area contributed by atoms with E-state index in [0.717, 1.165) is 36.1 Å². The Kier molecular flexibility index (Phi) is 2.98. The number of nitrogens with one attached hydrogen (secondary N) is 1. The standard InChI is InChI=1S/C13H22N4/c1-5-10-16-11(14)8(2)12(17-10)15-7-9-6-13(9,3)4/h9H,5-7H2,1-4H3,(H3,14,15,16,17). The second-order valence-corrected chi connectivity index (χ2v) is 5.62. The van der Waals surface area contributed by atoms with Gasteiger partial charge in [-0.05, 0) is 24.7 Å². The Morgan fingerprint density at radius 2 is 2.06 bits per heavy atom. The van der Waals surface area contributed by atoms with Crippen molar-refractivity contribution in [2.75, 3.05) is 17.6 Å². The molecule has 0 aromatic carbocycles. The lowest BCUT2D eigenvalue weighted by Crippen LogP contribution is -2.12. The van der Waals surface area contributed by atoms with Gasteiger partial charge in [0.15, 0.2) is 0 Å². The van der Waals surface area contributed by atoms with Crippen LogP contribution in [0.5, 0.6) is 0 Å². The fraction of sp³-hybridized carbons (Fsp3) is 0.692. The zero-order valence-electron chi connectivity index (χ0n) is 11.2. The molecule has 94 valence electrons. The third-order valence-corrected chi connectivity index (χ3v) is 3.78. The molecule has 0 aliphatic heterocycles. The van der Waals surface area contributed by atoms with Crippen LogP contribution in [0.3, 0.4) is 0 Å². The van der Waals surface area contributed by atoms with E-state index in [2.05, 4.69) is 29.1 Å². The topological polar surface area (TPSA) is 63.8 Å². The van der Waals surface area contributed by atoms with Crippen LogP contribution in [-0.4, -0.2) is 16.5 Å². The van der Waals surface area contributed by atoms with Gasteiger partial charge in [0.1, 0.15) is 17.5 Å². The molecule has 0 spiro atoms. The molecule has 0 amide bonds. The van der Waals surface area contributed by atoms with E-state index in [4.69, 9.17) is 5.73 Å². The van der Waals surface area contributed by atoms with Crippen LogP contribution in [-0.2, 0) is 6.42 Å². The minimum atomic E-state index is 0.493. The van der Waals surface area contributed by atoms with E-state index in [-0.39, 0.29) is 0 Å². The molecule has 4 nitrogen and oxygen atoms in total. The summed E-state index contributed by atoms with van der Waals surface area (Å²) in [6, 6.07) is 0. The Bertz CT molecular complexity index is 426. The normalized spacial score (nSPS) is 21.3. The maximum absolute atomic E-state index is 5.88. The molecule has 0 radical (unpaired) electrons. The van der Waals surface area contributed by atoms with Crippen LogP contribution in [0.15, 0.2) is 0 Å². The van der Waals surface area contributed by atoms with Gasteiger partial charge in [-0.3, -0.25) is 0 Å². The molecular weight excluding hydrogens is 212 g/mol. The molecule has 1 fully saturated rings. The zero-order chi connectivity index (χ0) is 12.6. The first-order valence-corrected chi connectivity index (χ1v) is 6.31. The van der Waals surface area contributed by atoms with Crippen molar-refractivity contribution in [1.82, 2.24) is 9.97 Å². The third kappa shape index (κ3) is 2.51. The maximum atomic E-state index is 5.88. The lowest BCUT2D eigenvalue weighted by molar-refractivity contribution is 0.572. The molecule has 0 bridgehead atoms. The first-order valence-electron chi connectivity index (χ1n) is 6.31.